The van der Waals surface area contributed by atoms with Crippen LogP contribution in [-0.2, 0) is 20.7 Å². The normalized spacial score (nSPS) is 37.7. The summed E-state index contributed by atoms with van der Waals surface area (Å²) >= 11 is 0.845. The zero-order valence-electron chi connectivity index (χ0n) is 24.2. The molecule has 0 saturated heterocycles. The lowest BCUT2D eigenvalue weighted by Gasteiger charge is -2.63. The van der Waals surface area contributed by atoms with E-state index in [9.17, 15) is 24.3 Å². The Balaban J connectivity index is 1.26. The van der Waals surface area contributed by atoms with Crippen molar-refractivity contribution < 1.29 is 28.2 Å². The van der Waals surface area contributed by atoms with Gasteiger partial charge in [-0.1, -0.05) is 31.2 Å². The van der Waals surface area contributed by atoms with Gasteiger partial charge in [0.05, 0.1) is 47.6 Å². The third-order valence-electron chi connectivity index (χ3n) is 11.4. The summed E-state index contributed by atoms with van der Waals surface area (Å²) in [7, 11) is 0. The summed E-state index contributed by atoms with van der Waals surface area (Å²) < 4.78 is 39.3. The van der Waals surface area contributed by atoms with E-state index in [1.165, 1.54) is 12.3 Å². The Labute approximate surface area is 252 Å². The fraction of sp³-hybridized carbons (Fsp3) is 0.594. The number of hydrogen-bond donors (Lipinski definition) is 1. The van der Waals surface area contributed by atoms with Gasteiger partial charge in [0.2, 0.25) is 11.1 Å². The number of aliphatic hydroxyl groups excluding tert-OH is 1. The van der Waals surface area contributed by atoms with Crippen molar-refractivity contribution >= 4 is 28.9 Å². The Hall–Kier alpha value is -3.10. The Morgan fingerprint density at radius 2 is 2.00 bits per heavy atom. The number of rotatable bonds is 5. The molecule has 8 nitrogen and oxygen atoms in total. The molecule has 2 heterocycles. The first kappa shape index (κ1) is 28.7. The maximum absolute atomic E-state index is 18.1. The van der Waals surface area contributed by atoms with E-state index in [4.69, 9.17) is 4.74 Å². The second kappa shape index (κ2) is 9.70. The molecule has 4 fully saturated rings. The van der Waals surface area contributed by atoms with Crippen LogP contribution in [0, 0.1) is 45.9 Å². The van der Waals surface area contributed by atoms with Crippen LogP contribution < -0.4 is 0 Å². The van der Waals surface area contributed by atoms with Crippen molar-refractivity contribution in [2.24, 2.45) is 28.6 Å². The van der Waals surface area contributed by atoms with E-state index in [1.807, 2.05) is 26.0 Å². The predicted octanol–water partition coefficient (Wildman–Crippen LogP) is 5.13. The average Bonchev–Trinajstić information content (AvgIpc) is 3.70. The van der Waals surface area contributed by atoms with Gasteiger partial charge in [-0.25, -0.2) is 14.1 Å². The largest absolute Gasteiger partial charge is 0.449 e. The maximum atomic E-state index is 18.1. The number of ether oxygens (including phenoxy) is 1. The molecular formula is C32H34F2N4O4S. The van der Waals surface area contributed by atoms with Crippen molar-refractivity contribution in [2.45, 2.75) is 82.6 Å². The highest BCUT2D eigenvalue weighted by molar-refractivity contribution is 8.14. The van der Waals surface area contributed by atoms with E-state index in [-0.39, 0.29) is 35.5 Å². The molecule has 0 radical (unpaired) electrons. The summed E-state index contributed by atoms with van der Waals surface area (Å²) in [4.78, 5) is 30.6. The molecule has 0 bridgehead atoms. The molecule has 2 aromatic heterocycles. The van der Waals surface area contributed by atoms with Crippen LogP contribution in [-0.4, -0.2) is 54.1 Å². The maximum Gasteiger partial charge on any atom is 0.309 e. The summed E-state index contributed by atoms with van der Waals surface area (Å²) in [6.07, 6.45) is 7.23. The Kier molecular flexibility index (Phi) is 6.46. The number of allylic oxidation sites excluding steroid dienone is 1. The average molecular weight is 609 g/mol. The summed E-state index contributed by atoms with van der Waals surface area (Å²) in [5.41, 5.74) is -2.38. The van der Waals surface area contributed by atoms with Gasteiger partial charge in [0.1, 0.15) is 5.67 Å². The van der Waals surface area contributed by atoms with Gasteiger partial charge >= 0.3 is 5.97 Å². The molecule has 5 aliphatic carbocycles. The van der Waals surface area contributed by atoms with E-state index in [0.717, 1.165) is 41.4 Å². The molecule has 0 unspecified atom stereocenters. The number of alkyl halides is 1. The van der Waals surface area contributed by atoms with Gasteiger partial charge in [-0.15, -0.1) is 0 Å². The lowest BCUT2D eigenvalue weighted by atomic mass is 9.44. The number of pyridine rings is 1. The van der Waals surface area contributed by atoms with Gasteiger partial charge in [-0.05, 0) is 81.1 Å². The number of halogens is 2. The zero-order valence-corrected chi connectivity index (χ0v) is 25.0. The number of fused-ring (bicyclic) bond motifs is 6. The highest BCUT2D eigenvalue weighted by Crippen LogP contribution is 2.71. The molecule has 43 heavy (non-hydrogen) atoms. The number of thioether (sulfide) groups is 1. The standard InChI is InChI=1S/C32H34F2N4O4S/c1-29-14-19-16-37-38(21-6-8-26(33)36-17-21)24(19)13-20(29)5-7-23-22-9-10-31(28(41)43-12-11-35,42-27(40)18-3-4-18)30(22,2)15-25(39)32(23,29)34/h6,8,13,16-18,22-23,25,39H,3-5,7,9-10,12,14-15H2,1-2H3/t22-,23-,25-,29-,30-,31-,32-/m0/s1. The molecule has 0 amide bonds. The molecule has 2 aromatic rings. The number of nitriles is 1. The minimum absolute atomic E-state index is 0.0301. The monoisotopic (exact) mass is 608 g/mol. The Morgan fingerprint density at radius 1 is 1.21 bits per heavy atom. The summed E-state index contributed by atoms with van der Waals surface area (Å²) in [5.74, 6) is -2.16. The number of aliphatic hydroxyl groups is 1. The Morgan fingerprint density at radius 3 is 2.70 bits per heavy atom. The summed E-state index contributed by atoms with van der Waals surface area (Å²) in [6, 6.07) is 4.86. The third kappa shape index (κ3) is 3.88. The summed E-state index contributed by atoms with van der Waals surface area (Å²) in [5, 5.41) is 25.2. The molecule has 5 aliphatic rings. The van der Waals surface area contributed by atoms with E-state index in [1.54, 1.807) is 16.9 Å². The van der Waals surface area contributed by atoms with Gasteiger partial charge in [0.15, 0.2) is 5.60 Å². The van der Waals surface area contributed by atoms with Crippen molar-refractivity contribution in [3.05, 3.63) is 47.3 Å². The van der Waals surface area contributed by atoms with Crippen LogP contribution in [0.15, 0.2) is 30.1 Å². The van der Waals surface area contributed by atoms with Crippen molar-refractivity contribution in [2.75, 3.05) is 5.75 Å². The predicted molar refractivity (Wildman–Crippen MR) is 154 cm³/mol. The lowest BCUT2D eigenvalue weighted by molar-refractivity contribution is -0.229. The van der Waals surface area contributed by atoms with Crippen LogP contribution in [0.2, 0.25) is 0 Å². The number of hydrogen-bond acceptors (Lipinski definition) is 8. The van der Waals surface area contributed by atoms with Crippen LogP contribution in [0.25, 0.3) is 11.8 Å². The van der Waals surface area contributed by atoms with Crippen LogP contribution in [0.5, 0.6) is 0 Å². The van der Waals surface area contributed by atoms with Crippen molar-refractivity contribution in [3.8, 4) is 11.8 Å². The van der Waals surface area contributed by atoms with Crippen molar-refractivity contribution in [1.82, 2.24) is 14.8 Å². The number of esters is 1. The first-order valence-corrected chi connectivity index (χ1v) is 16.0. The molecule has 0 aliphatic heterocycles. The lowest BCUT2D eigenvalue weighted by Crippen LogP contribution is -2.70. The number of aromatic nitrogens is 3. The van der Waals surface area contributed by atoms with Crippen molar-refractivity contribution in [3.63, 3.8) is 0 Å². The van der Waals surface area contributed by atoms with Gasteiger partial charge < -0.3 is 9.84 Å². The van der Waals surface area contributed by atoms with E-state index in [2.05, 4.69) is 10.1 Å². The van der Waals surface area contributed by atoms with Gasteiger partial charge in [0.25, 0.3) is 0 Å². The molecule has 7 atom stereocenters. The fourth-order valence-electron chi connectivity index (χ4n) is 9.08. The first-order chi connectivity index (χ1) is 20.5. The number of carbonyl (C=O) groups is 2. The van der Waals surface area contributed by atoms with Crippen LogP contribution >= 0.6 is 11.8 Å². The fourth-order valence-corrected chi connectivity index (χ4v) is 9.88. The molecular weight excluding hydrogens is 574 g/mol. The molecule has 4 saturated carbocycles. The van der Waals surface area contributed by atoms with Gasteiger partial charge in [-0.2, -0.15) is 14.8 Å². The molecule has 11 heteroatoms. The third-order valence-corrected chi connectivity index (χ3v) is 12.3. The SMILES string of the molecule is C[C@]12Cc3cnn(-c4ccc(F)nc4)c3C=C1CC[C@H]1[C@@H]3CC[C@](OC(=O)C4CC4)(C(=O)SCC#N)[C@@]3(C)C[C@H](O)[C@@]12F. The molecule has 1 N–H and O–H groups in total. The minimum Gasteiger partial charge on any atom is -0.449 e. The van der Waals surface area contributed by atoms with Gasteiger partial charge in [0, 0.05) is 16.7 Å². The topological polar surface area (TPSA) is 118 Å². The van der Waals surface area contributed by atoms with E-state index in [0.29, 0.717) is 31.4 Å². The van der Waals surface area contributed by atoms with Gasteiger partial charge in [-0.3, -0.25) is 9.59 Å². The second-order valence-electron chi connectivity index (χ2n) is 13.4. The molecule has 0 aromatic carbocycles. The Bertz CT molecular complexity index is 1580. The smallest absolute Gasteiger partial charge is 0.309 e. The zero-order chi connectivity index (χ0) is 30.4. The van der Waals surface area contributed by atoms with Crippen LogP contribution in [0.4, 0.5) is 8.78 Å². The minimum atomic E-state index is -1.99. The first-order valence-electron chi connectivity index (χ1n) is 15.0. The van der Waals surface area contributed by atoms with E-state index < -0.39 is 46.0 Å². The highest BCUT2D eigenvalue weighted by Gasteiger charge is 2.76. The quantitative estimate of drug-likeness (QED) is 0.367. The molecule has 0 spiro atoms. The number of carbonyl (C=O) groups excluding carboxylic acids is 2. The van der Waals surface area contributed by atoms with Crippen LogP contribution in [0.1, 0.15) is 70.1 Å². The van der Waals surface area contributed by atoms with Crippen molar-refractivity contribution in [1.29, 1.82) is 5.26 Å². The highest BCUT2D eigenvalue weighted by atomic mass is 32.2. The van der Waals surface area contributed by atoms with Crippen LogP contribution in [0.3, 0.4) is 0 Å². The number of nitrogens with zero attached hydrogens (tertiary/aromatic N) is 4. The molecule has 226 valence electrons. The molecule has 7 rings (SSSR count). The second-order valence-corrected chi connectivity index (χ2v) is 14.4. The van der Waals surface area contributed by atoms with E-state index >= 15 is 4.39 Å². The summed E-state index contributed by atoms with van der Waals surface area (Å²) in [6.45, 7) is 3.77.